The Morgan fingerprint density at radius 2 is 2.19 bits per heavy atom. The number of carbonyl (C=O) groups is 1. The van der Waals surface area contributed by atoms with Gasteiger partial charge in [-0.1, -0.05) is 11.3 Å². The van der Waals surface area contributed by atoms with Crippen LogP contribution in [0.2, 0.25) is 0 Å². The van der Waals surface area contributed by atoms with E-state index in [-0.39, 0.29) is 5.91 Å². The van der Waals surface area contributed by atoms with Crippen molar-refractivity contribution in [2.75, 3.05) is 18.4 Å². The molecule has 1 saturated heterocycles. The molecule has 1 aromatic carbocycles. The Balaban J connectivity index is 1.69. The number of amides is 1. The zero-order chi connectivity index (χ0) is 14.7. The molecule has 7 heteroatoms. The van der Waals surface area contributed by atoms with Crippen LogP contribution in [0, 0.1) is 3.57 Å². The molecule has 0 spiro atoms. The number of nitrogens with one attached hydrogen (secondary N) is 2. The van der Waals surface area contributed by atoms with Crippen LogP contribution in [-0.2, 0) is 0 Å². The molecule has 0 atom stereocenters. The second-order valence-corrected chi connectivity index (χ2v) is 6.28. The third-order valence-corrected chi connectivity index (χ3v) is 4.18. The average Bonchev–Trinajstić information content (AvgIpc) is 2.98. The third kappa shape index (κ3) is 3.59. The number of hydrogen-bond donors (Lipinski definition) is 2. The van der Waals surface area contributed by atoms with Crippen LogP contribution in [0.15, 0.2) is 30.5 Å². The molecule has 0 unspecified atom stereocenters. The summed E-state index contributed by atoms with van der Waals surface area (Å²) in [7, 11) is 0. The highest BCUT2D eigenvalue weighted by Crippen LogP contribution is 2.18. The lowest BCUT2D eigenvalue weighted by molar-refractivity contribution is 0.102. The van der Waals surface area contributed by atoms with Crippen molar-refractivity contribution in [2.24, 2.45) is 0 Å². The molecular weight excluding hydrogens is 381 g/mol. The molecule has 2 N–H and O–H groups in total. The summed E-state index contributed by atoms with van der Waals surface area (Å²) < 4.78 is 2.88. The summed E-state index contributed by atoms with van der Waals surface area (Å²) >= 11 is 2.21. The van der Waals surface area contributed by atoms with E-state index in [2.05, 4.69) is 43.5 Å². The Labute approximate surface area is 136 Å². The standard InChI is InChI=1S/C14H16IN5O/c15-10-2-1-3-11(8-10)17-14(21)13-9-20(19-18-13)12-4-6-16-7-5-12/h1-3,8-9,12,16H,4-7H2,(H,17,21). The zero-order valence-electron chi connectivity index (χ0n) is 11.4. The number of hydrogen-bond acceptors (Lipinski definition) is 4. The van der Waals surface area contributed by atoms with E-state index in [0.717, 1.165) is 35.2 Å². The van der Waals surface area contributed by atoms with Crippen LogP contribution in [0.4, 0.5) is 5.69 Å². The molecule has 0 saturated carbocycles. The number of nitrogens with zero attached hydrogens (tertiary/aromatic N) is 3. The minimum absolute atomic E-state index is 0.225. The van der Waals surface area contributed by atoms with Gasteiger partial charge in [0.2, 0.25) is 0 Å². The van der Waals surface area contributed by atoms with E-state index in [4.69, 9.17) is 0 Å². The van der Waals surface area contributed by atoms with Gasteiger partial charge in [-0.25, -0.2) is 4.68 Å². The summed E-state index contributed by atoms with van der Waals surface area (Å²) in [6, 6.07) is 7.98. The number of rotatable bonds is 3. The Morgan fingerprint density at radius 3 is 2.95 bits per heavy atom. The molecule has 1 aliphatic rings. The number of halogens is 1. The van der Waals surface area contributed by atoms with Crippen molar-refractivity contribution in [1.82, 2.24) is 20.3 Å². The van der Waals surface area contributed by atoms with Crippen LogP contribution >= 0.6 is 22.6 Å². The Kier molecular flexibility index (Phi) is 4.49. The Morgan fingerprint density at radius 1 is 1.38 bits per heavy atom. The van der Waals surface area contributed by atoms with Crippen LogP contribution in [0.5, 0.6) is 0 Å². The van der Waals surface area contributed by atoms with Crippen molar-refractivity contribution in [3.05, 3.63) is 39.7 Å². The Bertz CT molecular complexity index is 636. The van der Waals surface area contributed by atoms with Crippen molar-refractivity contribution in [1.29, 1.82) is 0 Å². The summed E-state index contributed by atoms with van der Waals surface area (Å²) in [6.45, 7) is 1.96. The number of anilines is 1. The van der Waals surface area contributed by atoms with Gasteiger partial charge in [-0.15, -0.1) is 5.10 Å². The molecule has 1 fully saturated rings. The second kappa shape index (κ2) is 6.52. The van der Waals surface area contributed by atoms with Gasteiger partial charge in [0, 0.05) is 9.26 Å². The lowest BCUT2D eigenvalue weighted by Gasteiger charge is -2.22. The van der Waals surface area contributed by atoms with Crippen molar-refractivity contribution in [2.45, 2.75) is 18.9 Å². The second-order valence-electron chi connectivity index (χ2n) is 5.03. The molecule has 2 heterocycles. The lowest BCUT2D eigenvalue weighted by atomic mass is 10.1. The smallest absolute Gasteiger partial charge is 0.277 e. The fourth-order valence-electron chi connectivity index (χ4n) is 2.39. The maximum Gasteiger partial charge on any atom is 0.277 e. The topological polar surface area (TPSA) is 71.8 Å². The first-order valence-electron chi connectivity index (χ1n) is 6.92. The van der Waals surface area contributed by atoms with E-state index in [9.17, 15) is 4.79 Å². The van der Waals surface area contributed by atoms with Gasteiger partial charge >= 0.3 is 0 Å². The number of aromatic nitrogens is 3. The quantitative estimate of drug-likeness (QED) is 0.778. The SMILES string of the molecule is O=C(Nc1cccc(I)c1)c1cn(C2CCNCC2)nn1. The predicted molar refractivity (Wildman–Crippen MR) is 88.3 cm³/mol. The van der Waals surface area contributed by atoms with Gasteiger partial charge in [0.05, 0.1) is 12.2 Å². The molecule has 1 aromatic heterocycles. The van der Waals surface area contributed by atoms with Crippen molar-refractivity contribution < 1.29 is 4.79 Å². The van der Waals surface area contributed by atoms with Gasteiger partial charge in [0.1, 0.15) is 0 Å². The van der Waals surface area contributed by atoms with Crippen LogP contribution in [0.3, 0.4) is 0 Å². The minimum Gasteiger partial charge on any atom is -0.321 e. The minimum atomic E-state index is -0.225. The summed E-state index contributed by atoms with van der Waals surface area (Å²) in [6.07, 6.45) is 3.77. The molecular formula is C14H16IN5O. The first kappa shape index (κ1) is 14.5. The monoisotopic (exact) mass is 397 g/mol. The zero-order valence-corrected chi connectivity index (χ0v) is 13.6. The maximum atomic E-state index is 12.2. The summed E-state index contributed by atoms with van der Waals surface area (Å²) in [5.74, 6) is -0.225. The van der Waals surface area contributed by atoms with E-state index in [1.165, 1.54) is 0 Å². The van der Waals surface area contributed by atoms with E-state index in [0.29, 0.717) is 11.7 Å². The molecule has 3 rings (SSSR count). The number of carbonyl (C=O) groups excluding carboxylic acids is 1. The summed E-state index contributed by atoms with van der Waals surface area (Å²) in [5.41, 5.74) is 1.12. The number of piperidine rings is 1. The Hall–Kier alpha value is -1.48. The highest BCUT2D eigenvalue weighted by atomic mass is 127. The molecule has 0 radical (unpaired) electrons. The van der Waals surface area contributed by atoms with Crippen LogP contribution in [-0.4, -0.2) is 34.0 Å². The molecule has 1 aliphatic heterocycles. The maximum absolute atomic E-state index is 12.2. The molecule has 110 valence electrons. The van der Waals surface area contributed by atoms with E-state index in [1.54, 1.807) is 6.20 Å². The van der Waals surface area contributed by atoms with Gasteiger partial charge in [-0.05, 0) is 66.7 Å². The van der Waals surface area contributed by atoms with Crippen LogP contribution < -0.4 is 10.6 Å². The van der Waals surface area contributed by atoms with Crippen LogP contribution in [0.1, 0.15) is 29.4 Å². The molecule has 0 aliphatic carbocycles. The first-order valence-corrected chi connectivity index (χ1v) is 8.00. The van der Waals surface area contributed by atoms with E-state index < -0.39 is 0 Å². The highest BCUT2D eigenvalue weighted by molar-refractivity contribution is 14.1. The van der Waals surface area contributed by atoms with Crippen molar-refractivity contribution in [3.8, 4) is 0 Å². The largest absolute Gasteiger partial charge is 0.321 e. The lowest BCUT2D eigenvalue weighted by Crippen LogP contribution is -2.29. The van der Waals surface area contributed by atoms with Crippen molar-refractivity contribution >= 4 is 34.2 Å². The molecule has 0 bridgehead atoms. The van der Waals surface area contributed by atoms with Gasteiger partial charge < -0.3 is 10.6 Å². The van der Waals surface area contributed by atoms with Gasteiger partial charge in [-0.3, -0.25) is 4.79 Å². The molecule has 6 nitrogen and oxygen atoms in total. The molecule has 21 heavy (non-hydrogen) atoms. The summed E-state index contributed by atoms with van der Waals surface area (Å²) in [5, 5.41) is 14.2. The molecule has 1 amide bonds. The fraction of sp³-hybridized carbons (Fsp3) is 0.357. The summed E-state index contributed by atoms with van der Waals surface area (Å²) in [4.78, 5) is 12.2. The van der Waals surface area contributed by atoms with Gasteiger partial charge in [0.25, 0.3) is 5.91 Å². The van der Waals surface area contributed by atoms with Gasteiger partial charge in [0.15, 0.2) is 5.69 Å². The van der Waals surface area contributed by atoms with E-state index in [1.807, 2.05) is 28.9 Å². The fourth-order valence-corrected chi connectivity index (χ4v) is 2.93. The predicted octanol–water partition coefficient (Wildman–Crippen LogP) is 2.06. The highest BCUT2D eigenvalue weighted by Gasteiger charge is 2.18. The normalized spacial score (nSPS) is 15.9. The van der Waals surface area contributed by atoms with Crippen LogP contribution in [0.25, 0.3) is 0 Å². The average molecular weight is 397 g/mol. The van der Waals surface area contributed by atoms with Crippen molar-refractivity contribution in [3.63, 3.8) is 0 Å². The number of benzene rings is 1. The first-order chi connectivity index (χ1) is 10.2. The third-order valence-electron chi connectivity index (χ3n) is 3.51. The van der Waals surface area contributed by atoms with E-state index >= 15 is 0 Å². The molecule has 2 aromatic rings. The van der Waals surface area contributed by atoms with Gasteiger partial charge in [-0.2, -0.15) is 0 Å².